The van der Waals surface area contributed by atoms with Gasteiger partial charge in [0.2, 0.25) is 16.8 Å². The van der Waals surface area contributed by atoms with Crippen LogP contribution in [-0.2, 0) is 32.5 Å². The number of thiazole rings is 1. The molecule has 12 nitrogen and oxygen atoms in total. The highest BCUT2D eigenvalue weighted by atomic mass is 32.2. The maximum Gasteiger partial charge on any atom is 0.411 e. The average Bonchev–Trinajstić information content (AvgIpc) is 3.75. The van der Waals surface area contributed by atoms with Crippen molar-refractivity contribution in [3.63, 3.8) is 0 Å². The Labute approximate surface area is 260 Å². The Balaban J connectivity index is 1.32. The van der Waals surface area contributed by atoms with Crippen LogP contribution >= 0.6 is 11.3 Å². The van der Waals surface area contributed by atoms with E-state index in [0.29, 0.717) is 23.6 Å². The number of aromatic nitrogens is 1. The lowest BCUT2D eigenvalue weighted by Gasteiger charge is -2.30. The van der Waals surface area contributed by atoms with E-state index in [1.165, 1.54) is 32.7 Å². The van der Waals surface area contributed by atoms with Gasteiger partial charge in [0.25, 0.3) is 5.91 Å². The normalized spacial score (nSPS) is 17.5. The number of fused-ring (bicyclic) bond motifs is 1. The monoisotopic (exact) mass is 644 g/mol. The summed E-state index contributed by atoms with van der Waals surface area (Å²) >= 11 is 1.47. The molecule has 3 aromatic rings. The molecule has 0 radical (unpaired) electrons. The Hall–Kier alpha value is -3.72. The molecule has 2 unspecified atom stereocenters. The largest absolute Gasteiger partial charge is 0.454 e. The summed E-state index contributed by atoms with van der Waals surface area (Å²) in [5.74, 6) is 0.220. The number of aliphatic hydroxyl groups is 1. The molecule has 0 spiro atoms. The minimum Gasteiger partial charge on any atom is -0.454 e. The molecule has 44 heavy (non-hydrogen) atoms. The Bertz CT molecular complexity index is 1570. The summed E-state index contributed by atoms with van der Waals surface area (Å²) in [5, 5.41) is 17.1. The van der Waals surface area contributed by atoms with Crippen LogP contribution in [0.1, 0.15) is 36.0 Å². The zero-order valence-corrected chi connectivity index (χ0v) is 26.2. The van der Waals surface area contributed by atoms with Crippen molar-refractivity contribution in [2.75, 3.05) is 26.4 Å². The summed E-state index contributed by atoms with van der Waals surface area (Å²) in [6, 6.07) is 12.8. The molecule has 0 aliphatic carbocycles. The summed E-state index contributed by atoms with van der Waals surface area (Å²) in [7, 11) is -4.04. The summed E-state index contributed by atoms with van der Waals surface area (Å²) < 4.78 is 44.8. The van der Waals surface area contributed by atoms with E-state index in [-0.39, 0.29) is 44.3 Å². The van der Waals surface area contributed by atoms with E-state index in [4.69, 9.17) is 14.2 Å². The maximum atomic E-state index is 13.8. The lowest BCUT2D eigenvalue weighted by atomic mass is 10.0. The molecule has 2 aliphatic rings. The van der Waals surface area contributed by atoms with Crippen LogP contribution in [-0.4, -0.2) is 84.4 Å². The minimum absolute atomic E-state index is 0.0105. The SMILES string of the molecule is CCCCN(C[C@@H](O)C(Cc1ccccc1)NC(=O)C1CN(Cc2csc(C)n2)C(=O)O1)S(=O)(=O)c1ccc2c(c1)OCO2. The highest BCUT2D eigenvalue weighted by molar-refractivity contribution is 7.89. The fourth-order valence-electron chi connectivity index (χ4n) is 5.04. The highest BCUT2D eigenvalue weighted by Crippen LogP contribution is 2.35. The number of cyclic esters (lactones) is 1. The van der Waals surface area contributed by atoms with Gasteiger partial charge in [-0.05, 0) is 37.5 Å². The van der Waals surface area contributed by atoms with Gasteiger partial charge in [-0.1, -0.05) is 43.7 Å². The van der Waals surface area contributed by atoms with Crippen LogP contribution in [0.25, 0.3) is 0 Å². The Kier molecular flexibility index (Phi) is 10.0. The summed E-state index contributed by atoms with van der Waals surface area (Å²) in [6.45, 7) is 3.97. The molecule has 0 saturated carbocycles. The Morgan fingerprint density at radius 1 is 1.20 bits per heavy atom. The zero-order valence-electron chi connectivity index (χ0n) is 24.5. The number of amides is 2. The van der Waals surface area contributed by atoms with Crippen molar-refractivity contribution in [1.29, 1.82) is 0 Å². The van der Waals surface area contributed by atoms with Crippen molar-refractivity contribution in [2.24, 2.45) is 0 Å². The van der Waals surface area contributed by atoms with Gasteiger partial charge >= 0.3 is 6.09 Å². The third-order valence-corrected chi connectivity index (χ3v) is 10.1. The zero-order chi connectivity index (χ0) is 31.3. The fraction of sp³-hybridized carbons (Fsp3) is 0.433. The number of rotatable bonds is 14. The van der Waals surface area contributed by atoms with Crippen molar-refractivity contribution in [3.8, 4) is 11.5 Å². The number of carbonyl (C=O) groups is 2. The lowest BCUT2D eigenvalue weighted by molar-refractivity contribution is -0.129. The number of hydrogen-bond donors (Lipinski definition) is 2. The summed E-state index contributed by atoms with van der Waals surface area (Å²) in [5.41, 5.74) is 1.54. The van der Waals surface area contributed by atoms with Crippen molar-refractivity contribution >= 4 is 33.4 Å². The van der Waals surface area contributed by atoms with Gasteiger partial charge in [0.1, 0.15) is 0 Å². The lowest BCUT2D eigenvalue weighted by Crippen LogP contribution is -2.53. The first-order chi connectivity index (χ1) is 21.1. The molecular weight excluding hydrogens is 608 g/mol. The highest BCUT2D eigenvalue weighted by Gasteiger charge is 2.39. The third kappa shape index (κ3) is 7.49. The molecule has 2 aromatic carbocycles. The van der Waals surface area contributed by atoms with Crippen molar-refractivity contribution in [2.45, 2.75) is 62.8 Å². The molecular formula is C30H36N4O8S2. The maximum absolute atomic E-state index is 13.8. The Morgan fingerprint density at radius 3 is 2.70 bits per heavy atom. The molecule has 2 aliphatic heterocycles. The van der Waals surface area contributed by atoms with E-state index in [9.17, 15) is 23.1 Å². The third-order valence-electron chi connectivity index (χ3n) is 7.42. The molecule has 1 fully saturated rings. The second-order valence-corrected chi connectivity index (χ2v) is 13.7. The molecule has 14 heteroatoms. The standard InChI is InChI=1S/C30H36N4O8S2/c1-3-4-12-34(44(38,39)23-10-11-26-27(14-23)41-19-40-26)16-25(35)24(13-21-8-6-5-7-9-21)32-29(36)28-17-33(30(37)42-28)15-22-18-43-20(2)31-22/h5-11,14,18,24-25,28,35H,3-4,12-13,15-17,19H2,1-2H3,(H,32,36)/t24?,25-,28?/m1/s1. The van der Waals surface area contributed by atoms with Gasteiger partial charge in [-0.2, -0.15) is 4.31 Å². The molecule has 0 bridgehead atoms. The van der Waals surface area contributed by atoms with Gasteiger partial charge in [-0.15, -0.1) is 11.3 Å². The van der Waals surface area contributed by atoms with Crippen molar-refractivity contribution in [3.05, 3.63) is 70.2 Å². The Morgan fingerprint density at radius 2 is 1.98 bits per heavy atom. The number of aryl methyl sites for hydroxylation is 1. The van der Waals surface area contributed by atoms with Gasteiger partial charge in [0.15, 0.2) is 17.6 Å². The average molecular weight is 645 g/mol. The first-order valence-electron chi connectivity index (χ1n) is 14.4. The number of carbonyl (C=O) groups excluding carboxylic acids is 2. The van der Waals surface area contributed by atoms with Gasteiger partial charge < -0.3 is 24.6 Å². The van der Waals surface area contributed by atoms with E-state index in [1.807, 2.05) is 49.6 Å². The number of nitrogens with one attached hydrogen (secondary N) is 1. The molecule has 1 saturated heterocycles. The minimum atomic E-state index is -4.04. The van der Waals surface area contributed by atoms with Crippen LogP contribution in [0.15, 0.2) is 58.8 Å². The second-order valence-electron chi connectivity index (χ2n) is 10.7. The van der Waals surface area contributed by atoms with Crippen molar-refractivity contribution < 1.29 is 37.3 Å². The van der Waals surface area contributed by atoms with Crippen LogP contribution in [0, 0.1) is 6.92 Å². The van der Waals surface area contributed by atoms with Gasteiger partial charge in [-0.25, -0.2) is 18.2 Å². The molecule has 2 amide bonds. The number of unbranched alkanes of at least 4 members (excludes halogenated alkanes) is 1. The first-order valence-corrected chi connectivity index (χ1v) is 16.7. The quantitative estimate of drug-likeness (QED) is 0.270. The number of nitrogens with zero attached hydrogens (tertiary/aromatic N) is 3. The van der Waals surface area contributed by atoms with Crippen LogP contribution in [0.2, 0.25) is 0 Å². The van der Waals surface area contributed by atoms with Gasteiger partial charge in [0, 0.05) is 24.5 Å². The van der Waals surface area contributed by atoms with Crippen LogP contribution in [0.5, 0.6) is 11.5 Å². The number of hydrogen-bond acceptors (Lipinski definition) is 10. The fourth-order valence-corrected chi connectivity index (χ4v) is 7.16. The smallest absolute Gasteiger partial charge is 0.411 e. The van der Waals surface area contributed by atoms with E-state index in [1.54, 1.807) is 6.07 Å². The first kappa shape index (κ1) is 31.7. The number of benzene rings is 2. The molecule has 2 N–H and O–H groups in total. The van der Waals surface area contributed by atoms with E-state index in [0.717, 1.165) is 17.0 Å². The predicted molar refractivity (Wildman–Crippen MR) is 162 cm³/mol. The molecule has 5 rings (SSSR count). The van der Waals surface area contributed by atoms with Gasteiger partial charge in [-0.3, -0.25) is 9.69 Å². The molecule has 1 aromatic heterocycles. The number of sulfonamides is 1. The second kappa shape index (κ2) is 13.9. The van der Waals surface area contributed by atoms with Crippen molar-refractivity contribution in [1.82, 2.24) is 19.5 Å². The van der Waals surface area contributed by atoms with E-state index in [2.05, 4.69) is 10.3 Å². The molecule has 236 valence electrons. The number of ether oxygens (including phenoxy) is 3. The van der Waals surface area contributed by atoms with Gasteiger partial charge in [0.05, 0.1) is 40.8 Å². The summed E-state index contributed by atoms with van der Waals surface area (Å²) in [6.07, 6.45) is -1.48. The van der Waals surface area contributed by atoms with Crippen LogP contribution in [0.3, 0.4) is 0 Å². The van der Waals surface area contributed by atoms with Crippen LogP contribution in [0.4, 0.5) is 4.79 Å². The van der Waals surface area contributed by atoms with Crippen LogP contribution < -0.4 is 14.8 Å². The predicted octanol–water partition coefficient (Wildman–Crippen LogP) is 3.08. The topological polar surface area (TPSA) is 148 Å². The van der Waals surface area contributed by atoms with E-state index >= 15 is 0 Å². The number of aliphatic hydroxyl groups excluding tert-OH is 1. The molecule has 3 heterocycles. The summed E-state index contributed by atoms with van der Waals surface area (Å²) in [4.78, 5) is 31.7. The van der Waals surface area contributed by atoms with E-state index < -0.39 is 40.3 Å². The molecule has 3 atom stereocenters.